The van der Waals surface area contributed by atoms with Crippen molar-refractivity contribution in [1.82, 2.24) is 4.90 Å². The third-order valence-corrected chi connectivity index (χ3v) is 10.0. The van der Waals surface area contributed by atoms with Gasteiger partial charge in [0.1, 0.15) is 0 Å². The molecule has 0 aromatic heterocycles. The third kappa shape index (κ3) is 19.0. The molecule has 5 aliphatic rings. The summed E-state index contributed by atoms with van der Waals surface area (Å²) in [4.78, 5) is 2.40. The van der Waals surface area contributed by atoms with Crippen LogP contribution in [0.1, 0.15) is 138 Å². The molecule has 0 radical (unpaired) electrons. The fourth-order valence-corrected chi connectivity index (χ4v) is 5.75. The van der Waals surface area contributed by atoms with Crippen molar-refractivity contribution in [2.45, 2.75) is 138 Å². The van der Waals surface area contributed by atoms with Crippen LogP contribution in [0.3, 0.4) is 0 Å². The van der Waals surface area contributed by atoms with Crippen LogP contribution < -0.4 is 0 Å². The van der Waals surface area contributed by atoms with Crippen LogP contribution in [0.15, 0.2) is 0 Å². The summed E-state index contributed by atoms with van der Waals surface area (Å²) in [6.07, 6.45) is 19.9. The molecule has 5 fully saturated rings. The van der Waals surface area contributed by atoms with Gasteiger partial charge >= 0.3 is 0 Å². The maximum absolute atomic E-state index is 5.25. The Morgan fingerprint density at radius 3 is 1.16 bits per heavy atom. The van der Waals surface area contributed by atoms with E-state index in [1.807, 2.05) is 0 Å². The molecule has 3 aliphatic heterocycles. The zero-order valence-corrected chi connectivity index (χ0v) is 27.4. The number of likely N-dealkylation sites (tertiary alicyclic amines) is 1. The molecular formula is C35H71NO2. The van der Waals surface area contributed by atoms with Gasteiger partial charge in [-0.15, -0.1) is 0 Å². The van der Waals surface area contributed by atoms with Crippen LogP contribution in [0.4, 0.5) is 0 Å². The molecule has 2 aliphatic carbocycles. The predicted molar refractivity (Wildman–Crippen MR) is 168 cm³/mol. The van der Waals surface area contributed by atoms with Crippen molar-refractivity contribution in [2.75, 3.05) is 46.6 Å². The number of rotatable bonds is 0. The number of hydrogen-bond acceptors (Lipinski definition) is 3. The van der Waals surface area contributed by atoms with E-state index in [9.17, 15) is 0 Å². The first kappa shape index (κ1) is 35.9. The Kier molecular flexibility index (Phi) is 21.3. The van der Waals surface area contributed by atoms with Crippen molar-refractivity contribution in [3.63, 3.8) is 0 Å². The SMILES string of the molecule is CC1CCCCC1.CC1CCCC[C@@H]1C.CC1CCN(C)CC1.CC1CCOCC1.CC1COCC[C@@H]1C. The highest BCUT2D eigenvalue weighted by molar-refractivity contribution is 4.68. The van der Waals surface area contributed by atoms with Crippen molar-refractivity contribution >= 4 is 0 Å². The van der Waals surface area contributed by atoms with E-state index in [0.29, 0.717) is 0 Å². The van der Waals surface area contributed by atoms with Crippen LogP contribution in [0, 0.1) is 41.4 Å². The molecule has 5 rings (SSSR count). The van der Waals surface area contributed by atoms with Crippen LogP contribution in [0.2, 0.25) is 0 Å². The second-order valence-electron chi connectivity index (χ2n) is 14.1. The van der Waals surface area contributed by atoms with Gasteiger partial charge in [0.05, 0.1) is 0 Å². The highest BCUT2D eigenvalue weighted by Gasteiger charge is 2.16. The standard InChI is InChI=1S/C8H16.C7H15N.C7H14O.C7H14.C6H12O/c1-7-5-3-4-6-8(7)2;1-7-3-5-8(2)6-4-7;1-6-3-4-8-5-7(6)2;1-7-5-3-2-4-6-7;1-6-2-4-7-5-3-6/h7-8H,3-6H2,1-2H3;7H,3-6H2,1-2H3;6-7H,3-5H2,1-2H3;7H,2-6H2,1H3;6H,2-5H2,1H3/t7-,8?;;6-,7?;;/m0.0../s1. The Balaban J connectivity index is 0.000000238. The monoisotopic (exact) mass is 538 g/mol. The first-order valence-corrected chi connectivity index (χ1v) is 17.0. The molecule has 38 heavy (non-hydrogen) atoms. The van der Waals surface area contributed by atoms with Crippen molar-refractivity contribution in [1.29, 1.82) is 0 Å². The van der Waals surface area contributed by atoms with Gasteiger partial charge in [0.2, 0.25) is 0 Å². The lowest BCUT2D eigenvalue weighted by Gasteiger charge is -2.26. The molecule has 3 heteroatoms. The van der Waals surface area contributed by atoms with Gasteiger partial charge in [-0.05, 0) is 93.7 Å². The minimum absolute atomic E-state index is 0.781. The zero-order valence-electron chi connectivity index (χ0n) is 27.4. The quantitative estimate of drug-likeness (QED) is 0.307. The molecular weight excluding hydrogens is 466 g/mol. The van der Waals surface area contributed by atoms with Crippen LogP contribution in [0.5, 0.6) is 0 Å². The molecule has 0 amide bonds. The fraction of sp³-hybridized carbons (Fsp3) is 1.00. The Hall–Kier alpha value is -0.120. The van der Waals surface area contributed by atoms with Gasteiger partial charge < -0.3 is 14.4 Å². The summed E-state index contributed by atoms with van der Waals surface area (Å²) in [6.45, 7) is 22.8. The summed E-state index contributed by atoms with van der Waals surface area (Å²) in [5, 5.41) is 0. The third-order valence-electron chi connectivity index (χ3n) is 10.0. The largest absolute Gasteiger partial charge is 0.381 e. The topological polar surface area (TPSA) is 21.7 Å². The van der Waals surface area contributed by atoms with E-state index in [0.717, 1.165) is 67.9 Å². The zero-order chi connectivity index (χ0) is 28.2. The predicted octanol–water partition coefficient (Wildman–Crippen LogP) is 9.88. The maximum atomic E-state index is 5.25. The molecule has 0 aromatic carbocycles. The average Bonchev–Trinajstić information content (AvgIpc) is 2.92. The summed E-state index contributed by atoms with van der Waals surface area (Å²) in [5.41, 5.74) is 0. The van der Waals surface area contributed by atoms with Crippen molar-refractivity contribution < 1.29 is 9.47 Å². The van der Waals surface area contributed by atoms with Gasteiger partial charge in [-0.25, -0.2) is 0 Å². The number of nitrogens with zero attached hydrogens (tertiary/aromatic N) is 1. The van der Waals surface area contributed by atoms with Crippen LogP contribution in [-0.2, 0) is 9.47 Å². The molecule has 228 valence electrons. The van der Waals surface area contributed by atoms with Gasteiger partial charge in [0, 0.05) is 26.4 Å². The van der Waals surface area contributed by atoms with Gasteiger partial charge in [-0.3, -0.25) is 0 Å². The second kappa shape index (κ2) is 22.6. The lowest BCUT2D eigenvalue weighted by molar-refractivity contribution is 0.0303. The number of hydrogen-bond donors (Lipinski definition) is 0. The molecule has 0 N–H and O–H groups in total. The maximum Gasteiger partial charge on any atom is 0.0494 e. The highest BCUT2D eigenvalue weighted by atomic mass is 16.5. The van der Waals surface area contributed by atoms with E-state index in [-0.39, 0.29) is 0 Å². The average molecular weight is 538 g/mol. The van der Waals surface area contributed by atoms with E-state index >= 15 is 0 Å². The van der Waals surface area contributed by atoms with E-state index in [2.05, 4.69) is 60.4 Å². The smallest absolute Gasteiger partial charge is 0.0494 e. The fourth-order valence-electron chi connectivity index (χ4n) is 5.75. The second-order valence-corrected chi connectivity index (χ2v) is 14.1. The lowest BCUT2D eigenvalue weighted by Crippen LogP contribution is -2.28. The van der Waals surface area contributed by atoms with E-state index in [1.54, 1.807) is 0 Å². The number of ether oxygens (including phenoxy) is 2. The van der Waals surface area contributed by atoms with Gasteiger partial charge in [-0.2, -0.15) is 0 Å². The molecule has 3 nitrogen and oxygen atoms in total. The minimum Gasteiger partial charge on any atom is -0.381 e. The Morgan fingerprint density at radius 1 is 0.421 bits per heavy atom. The molecule has 3 saturated heterocycles. The highest BCUT2D eigenvalue weighted by Crippen LogP contribution is 2.28. The molecule has 0 spiro atoms. The minimum atomic E-state index is 0.781. The Bertz CT molecular complexity index is 440. The van der Waals surface area contributed by atoms with Crippen LogP contribution in [-0.4, -0.2) is 51.5 Å². The lowest BCUT2D eigenvalue weighted by atomic mass is 9.82. The van der Waals surface area contributed by atoms with Crippen LogP contribution in [0.25, 0.3) is 0 Å². The van der Waals surface area contributed by atoms with E-state index < -0.39 is 0 Å². The molecule has 4 atom stereocenters. The number of piperidine rings is 1. The summed E-state index contributed by atoms with van der Waals surface area (Å²) in [7, 11) is 2.20. The molecule has 3 heterocycles. The Labute approximate surface area is 240 Å². The molecule has 2 saturated carbocycles. The summed E-state index contributed by atoms with van der Waals surface area (Å²) >= 11 is 0. The first-order valence-electron chi connectivity index (χ1n) is 17.0. The molecule has 2 unspecified atom stereocenters. The van der Waals surface area contributed by atoms with Gasteiger partial charge in [0.15, 0.2) is 0 Å². The summed E-state index contributed by atoms with van der Waals surface area (Å²) in [5.74, 6) is 6.59. The van der Waals surface area contributed by atoms with Gasteiger partial charge in [0.25, 0.3) is 0 Å². The van der Waals surface area contributed by atoms with E-state index in [4.69, 9.17) is 9.47 Å². The summed E-state index contributed by atoms with van der Waals surface area (Å²) < 4.78 is 10.4. The Morgan fingerprint density at radius 2 is 0.842 bits per heavy atom. The van der Waals surface area contributed by atoms with E-state index in [1.165, 1.54) is 103 Å². The van der Waals surface area contributed by atoms with Crippen molar-refractivity contribution in [2.24, 2.45) is 41.4 Å². The van der Waals surface area contributed by atoms with Crippen molar-refractivity contribution in [3.05, 3.63) is 0 Å². The molecule has 0 aromatic rings. The normalized spacial score (nSPS) is 31.6. The van der Waals surface area contributed by atoms with Crippen molar-refractivity contribution in [3.8, 4) is 0 Å². The van der Waals surface area contributed by atoms with Crippen LogP contribution >= 0.6 is 0 Å². The molecule has 0 bridgehead atoms. The first-order chi connectivity index (χ1) is 18.2. The summed E-state index contributed by atoms with van der Waals surface area (Å²) in [6, 6.07) is 0. The van der Waals surface area contributed by atoms with Gasteiger partial charge in [-0.1, -0.05) is 106 Å².